The molecule has 0 amide bonds. The summed E-state index contributed by atoms with van der Waals surface area (Å²) in [5.41, 5.74) is 3.10. The Balaban J connectivity index is 2.21. The molecule has 1 aromatic carbocycles. The van der Waals surface area contributed by atoms with Gasteiger partial charge in [-0.25, -0.2) is 0 Å². The number of nitrogens with zero attached hydrogens (tertiary/aromatic N) is 1. The highest BCUT2D eigenvalue weighted by atomic mass is 32.2. The van der Waals surface area contributed by atoms with Gasteiger partial charge in [0.25, 0.3) is 10.1 Å². The molecule has 0 atom stereocenters. The lowest BCUT2D eigenvalue weighted by Crippen LogP contribution is -2.27. The first kappa shape index (κ1) is 14.1. The van der Waals surface area contributed by atoms with Gasteiger partial charge in [-0.15, -0.1) is 0 Å². The van der Waals surface area contributed by atoms with Crippen molar-refractivity contribution in [1.82, 2.24) is 0 Å². The number of benzene rings is 1. The summed E-state index contributed by atoms with van der Waals surface area (Å²) in [7, 11) is -3.90. The highest BCUT2D eigenvalue weighted by Gasteiger charge is 2.38. The summed E-state index contributed by atoms with van der Waals surface area (Å²) in [6.45, 7) is 8.89. The van der Waals surface area contributed by atoms with Gasteiger partial charge in [-0.05, 0) is 18.1 Å². The highest BCUT2D eigenvalue weighted by molar-refractivity contribution is 7.85. The molecule has 1 aliphatic heterocycles. The Hall–Kier alpha value is -1.33. The predicted octanol–water partition coefficient (Wildman–Crippen LogP) is 2.58. The number of allylic oxidation sites excluding steroid dienone is 1. The molecule has 5 heteroatoms. The zero-order chi connectivity index (χ0) is 14.3. The van der Waals surface area contributed by atoms with Gasteiger partial charge in [-0.3, -0.25) is 4.55 Å². The molecule has 0 radical (unpaired) electrons. The molecule has 1 heterocycles. The van der Waals surface area contributed by atoms with Crippen LogP contribution in [0.1, 0.15) is 25.8 Å². The van der Waals surface area contributed by atoms with Gasteiger partial charge < -0.3 is 4.90 Å². The summed E-state index contributed by atoms with van der Waals surface area (Å²) in [4.78, 5) is 2.04. The maximum atomic E-state index is 10.8. The second-order valence-corrected chi connectivity index (χ2v) is 6.95. The van der Waals surface area contributed by atoms with Crippen LogP contribution in [0.5, 0.6) is 0 Å². The van der Waals surface area contributed by atoms with E-state index in [1.165, 1.54) is 5.56 Å². The maximum Gasteiger partial charge on any atom is 0.264 e. The van der Waals surface area contributed by atoms with E-state index in [0.29, 0.717) is 13.0 Å². The van der Waals surface area contributed by atoms with Crippen molar-refractivity contribution in [2.24, 2.45) is 0 Å². The molecule has 0 saturated heterocycles. The van der Waals surface area contributed by atoms with E-state index >= 15 is 0 Å². The molecule has 0 bridgehead atoms. The Bertz CT molecular complexity index is 605. The molecule has 2 rings (SSSR count). The number of hydrogen-bond donors (Lipinski definition) is 1. The third kappa shape index (κ3) is 2.67. The second kappa shape index (κ2) is 4.65. The van der Waals surface area contributed by atoms with E-state index in [1.807, 2.05) is 23.1 Å². The molecule has 0 spiro atoms. The molecule has 19 heavy (non-hydrogen) atoms. The van der Waals surface area contributed by atoms with Crippen molar-refractivity contribution < 1.29 is 13.0 Å². The van der Waals surface area contributed by atoms with E-state index in [-0.39, 0.29) is 11.2 Å². The van der Waals surface area contributed by atoms with Crippen molar-refractivity contribution in [3.63, 3.8) is 0 Å². The highest BCUT2D eigenvalue weighted by Crippen LogP contribution is 2.46. The van der Waals surface area contributed by atoms with Crippen LogP contribution >= 0.6 is 0 Å². The largest absolute Gasteiger partial charge is 0.345 e. The average molecular weight is 281 g/mol. The van der Waals surface area contributed by atoms with Gasteiger partial charge >= 0.3 is 0 Å². The van der Waals surface area contributed by atoms with Crippen LogP contribution in [0, 0.1) is 0 Å². The Kier molecular flexibility index (Phi) is 3.45. The lowest BCUT2D eigenvalue weighted by molar-refractivity contribution is 0.481. The fraction of sp³-hybridized carbons (Fsp3) is 0.429. The Labute approximate surface area is 114 Å². The van der Waals surface area contributed by atoms with Gasteiger partial charge in [-0.2, -0.15) is 8.42 Å². The van der Waals surface area contributed by atoms with Gasteiger partial charge in [0.05, 0.1) is 5.75 Å². The number of rotatable bonds is 4. The molecule has 1 N–H and O–H groups in total. The summed E-state index contributed by atoms with van der Waals surface area (Å²) in [5.74, 6) is -0.223. The molecular weight excluding hydrogens is 262 g/mol. The van der Waals surface area contributed by atoms with Crippen LogP contribution in [-0.4, -0.2) is 25.3 Å². The lowest BCUT2D eigenvalue weighted by atomic mass is 9.84. The van der Waals surface area contributed by atoms with Crippen LogP contribution in [-0.2, 0) is 15.5 Å². The van der Waals surface area contributed by atoms with Gasteiger partial charge in [0.15, 0.2) is 0 Å². The van der Waals surface area contributed by atoms with Crippen molar-refractivity contribution in [3.05, 3.63) is 42.1 Å². The van der Waals surface area contributed by atoms with Crippen LogP contribution in [0.3, 0.4) is 0 Å². The summed E-state index contributed by atoms with van der Waals surface area (Å²) in [5, 5.41) is 0. The molecule has 104 valence electrons. The van der Waals surface area contributed by atoms with Crippen molar-refractivity contribution in [2.75, 3.05) is 17.2 Å². The quantitative estimate of drug-likeness (QED) is 0.862. The fourth-order valence-corrected chi connectivity index (χ4v) is 3.03. The first-order valence-corrected chi connectivity index (χ1v) is 7.86. The molecule has 4 nitrogen and oxygen atoms in total. The fourth-order valence-electron chi connectivity index (χ4n) is 2.54. The van der Waals surface area contributed by atoms with Crippen LogP contribution in [0.4, 0.5) is 5.69 Å². The van der Waals surface area contributed by atoms with Gasteiger partial charge in [0, 0.05) is 23.3 Å². The molecular formula is C14H19NO3S. The topological polar surface area (TPSA) is 57.6 Å². The molecule has 0 unspecified atom stereocenters. The molecule has 0 aliphatic carbocycles. The number of fused-ring (bicyclic) bond motifs is 1. The Morgan fingerprint density at radius 3 is 2.58 bits per heavy atom. The third-order valence-electron chi connectivity index (χ3n) is 3.70. The summed E-state index contributed by atoms with van der Waals surface area (Å²) in [6.07, 6.45) is 0.377. The third-order valence-corrected chi connectivity index (χ3v) is 4.50. The van der Waals surface area contributed by atoms with Crippen molar-refractivity contribution in [3.8, 4) is 0 Å². The Morgan fingerprint density at radius 2 is 1.95 bits per heavy atom. The molecule has 0 saturated carbocycles. The minimum absolute atomic E-state index is 0.144. The number of para-hydroxylation sites is 1. The van der Waals surface area contributed by atoms with Crippen LogP contribution < -0.4 is 4.90 Å². The van der Waals surface area contributed by atoms with E-state index in [9.17, 15) is 8.42 Å². The van der Waals surface area contributed by atoms with E-state index in [1.54, 1.807) is 0 Å². The summed E-state index contributed by atoms with van der Waals surface area (Å²) in [6, 6.07) is 8.05. The van der Waals surface area contributed by atoms with Crippen LogP contribution in [0.25, 0.3) is 0 Å². The van der Waals surface area contributed by atoms with Crippen molar-refractivity contribution in [2.45, 2.75) is 25.7 Å². The second-order valence-electron chi connectivity index (χ2n) is 5.38. The Morgan fingerprint density at radius 1 is 1.32 bits per heavy atom. The predicted molar refractivity (Wildman–Crippen MR) is 77.0 cm³/mol. The lowest BCUT2D eigenvalue weighted by Gasteiger charge is -2.25. The molecule has 0 fully saturated rings. The summed E-state index contributed by atoms with van der Waals surface area (Å²) >= 11 is 0. The monoisotopic (exact) mass is 281 g/mol. The molecule has 1 aliphatic rings. The maximum absolute atomic E-state index is 10.8. The van der Waals surface area contributed by atoms with Crippen LogP contribution in [0.2, 0.25) is 0 Å². The van der Waals surface area contributed by atoms with E-state index in [4.69, 9.17) is 4.55 Å². The summed E-state index contributed by atoms with van der Waals surface area (Å²) < 4.78 is 30.3. The number of anilines is 1. The molecule has 0 aromatic heterocycles. The zero-order valence-electron chi connectivity index (χ0n) is 11.3. The standard InChI is InChI=1S/C14H19NO3S/c1-11-14(2,3)12-7-4-5-8-13(12)15(11)9-6-10-19(16,17)18/h4-5,7-8H,1,6,9-10H2,2-3H3,(H,16,17,18). The normalized spacial score (nSPS) is 17.6. The van der Waals surface area contributed by atoms with E-state index < -0.39 is 10.1 Å². The van der Waals surface area contributed by atoms with E-state index in [0.717, 1.165) is 11.4 Å². The first-order chi connectivity index (χ1) is 8.73. The van der Waals surface area contributed by atoms with Crippen LogP contribution in [0.15, 0.2) is 36.5 Å². The minimum atomic E-state index is -3.90. The SMILES string of the molecule is C=C1N(CCCS(=O)(=O)O)c2ccccc2C1(C)C. The number of hydrogen-bond acceptors (Lipinski definition) is 3. The van der Waals surface area contributed by atoms with Gasteiger partial charge in [-0.1, -0.05) is 38.6 Å². The molecule has 1 aromatic rings. The average Bonchev–Trinajstić information content (AvgIpc) is 2.50. The van der Waals surface area contributed by atoms with Gasteiger partial charge in [0.1, 0.15) is 0 Å². The van der Waals surface area contributed by atoms with Crippen molar-refractivity contribution in [1.29, 1.82) is 0 Å². The first-order valence-electron chi connectivity index (χ1n) is 6.25. The minimum Gasteiger partial charge on any atom is -0.345 e. The van der Waals surface area contributed by atoms with E-state index in [2.05, 4.69) is 26.5 Å². The zero-order valence-corrected chi connectivity index (χ0v) is 12.1. The van der Waals surface area contributed by atoms with Crippen molar-refractivity contribution >= 4 is 15.8 Å². The smallest absolute Gasteiger partial charge is 0.264 e. The van der Waals surface area contributed by atoms with Gasteiger partial charge in [0.2, 0.25) is 0 Å².